The van der Waals surface area contributed by atoms with Crippen LogP contribution in [0.1, 0.15) is 91.2 Å². The molecule has 5 aliphatic rings. The van der Waals surface area contributed by atoms with E-state index in [1.807, 2.05) is 12.1 Å². The molecule has 4 aromatic carbocycles. The summed E-state index contributed by atoms with van der Waals surface area (Å²) in [5, 5.41) is 16.3. The van der Waals surface area contributed by atoms with Crippen LogP contribution < -0.4 is 10.6 Å². The standard InChI is InChI=1S/C45H53N3O4/c1-31-41(29-48(27-33-8-4-2-5-9-33)28-34-10-6-3-7-11-34)51-43(52-42(31)39-16-14-35(30-49)15-17-39)40-18-12-32(13-19-40)26-46-44(50)47-45-23-36-20-37(24-45)22-38(21-36)25-45/h2-19,31,36-38,41-43,49H,20-30H2,1H3,(H2,46,47,50). The van der Waals surface area contributed by atoms with Gasteiger partial charge in [0, 0.05) is 43.2 Å². The number of rotatable bonds is 12. The normalized spacial score (nSPS) is 29.2. The minimum absolute atomic E-state index is 0.00123. The molecule has 4 aliphatic carbocycles. The summed E-state index contributed by atoms with van der Waals surface area (Å²) in [6.07, 6.45) is 6.66. The Labute approximate surface area is 308 Å². The zero-order valence-corrected chi connectivity index (χ0v) is 30.3. The number of nitrogens with one attached hydrogen (secondary N) is 2. The van der Waals surface area contributed by atoms with Gasteiger partial charge in [-0.1, -0.05) is 116 Å². The van der Waals surface area contributed by atoms with Crippen molar-refractivity contribution < 1.29 is 19.4 Å². The largest absolute Gasteiger partial charge is 0.392 e. The number of aliphatic hydroxyl groups is 1. The van der Waals surface area contributed by atoms with Crippen molar-refractivity contribution in [2.24, 2.45) is 23.7 Å². The summed E-state index contributed by atoms with van der Waals surface area (Å²) in [7, 11) is 0. The minimum Gasteiger partial charge on any atom is -0.392 e. The van der Waals surface area contributed by atoms with Gasteiger partial charge in [0.1, 0.15) is 0 Å². The van der Waals surface area contributed by atoms with Crippen LogP contribution in [0.5, 0.6) is 0 Å². The van der Waals surface area contributed by atoms with Gasteiger partial charge in [0.2, 0.25) is 0 Å². The van der Waals surface area contributed by atoms with E-state index in [-0.39, 0.29) is 36.3 Å². The second kappa shape index (κ2) is 15.5. The third-order valence-corrected chi connectivity index (χ3v) is 12.2. The smallest absolute Gasteiger partial charge is 0.315 e. The van der Waals surface area contributed by atoms with Crippen molar-refractivity contribution in [2.45, 2.75) is 95.7 Å². The molecule has 4 aromatic rings. The molecular weight excluding hydrogens is 647 g/mol. The van der Waals surface area contributed by atoms with Gasteiger partial charge in [-0.2, -0.15) is 0 Å². The maximum atomic E-state index is 13.1. The molecule has 52 heavy (non-hydrogen) atoms. The Balaban J connectivity index is 0.969. The Morgan fingerprint density at radius 2 is 1.25 bits per heavy atom. The molecule has 9 rings (SSSR count). The lowest BCUT2D eigenvalue weighted by Crippen LogP contribution is -2.61. The maximum Gasteiger partial charge on any atom is 0.315 e. The number of carbonyl (C=O) groups is 1. The molecule has 1 aliphatic heterocycles. The van der Waals surface area contributed by atoms with Gasteiger partial charge >= 0.3 is 6.03 Å². The van der Waals surface area contributed by atoms with E-state index in [1.54, 1.807) is 0 Å². The van der Waals surface area contributed by atoms with E-state index in [9.17, 15) is 9.90 Å². The summed E-state index contributed by atoms with van der Waals surface area (Å²) in [6, 6.07) is 37.6. The monoisotopic (exact) mass is 699 g/mol. The highest BCUT2D eigenvalue weighted by Gasteiger charge is 2.51. The first-order valence-corrected chi connectivity index (χ1v) is 19.4. The Morgan fingerprint density at radius 1 is 0.712 bits per heavy atom. The molecule has 2 amide bonds. The Morgan fingerprint density at radius 3 is 1.81 bits per heavy atom. The molecule has 1 heterocycles. The van der Waals surface area contributed by atoms with Crippen molar-refractivity contribution >= 4 is 6.03 Å². The number of benzene rings is 4. The van der Waals surface area contributed by atoms with Gasteiger partial charge in [-0.25, -0.2) is 4.79 Å². The van der Waals surface area contributed by atoms with Crippen LogP contribution in [0.3, 0.4) is 0 Å². The van der Waals surface area contributed by atoms with Gasteiger partial charge in [0.05, 0.1) is 18.8 Å². The van der Waals surface area contributed by atoms with Gasteiger partial charge in [0.25, 0.3) is 0 Å². The van der Waals surface area contributed by atoms with Gasteiger partial charge in [-0.15, -0.1) is 0 Å². The number of nitrogens with zero attached hydrogens (tertiary/aromatic N) is 1. The van der Waals surface area contributed by atoms with Crippen molar-refractivity contribution in [3.63, 3.8) is 0 Å². The third kappa shape index (κ3) is 8.13. The van der Waals surface area contributed by atoms with Crippen LogP contribution in [0.2, 0.25) is 0 Å². The van der Waals surface area contributed by atoms with Crippen molar-refractivity contribution in [1.29, 1.82) is 0 Å². The molecule has 4 unspecified atom stereocenters. The summed E-state index contributed by atoms with van der Waals surface area (Å²) in [5.41, 5.74) is 6.48. The highest BCUT2D eigenvalue weighted by atomic mass is 16.7. The predicted octanol–water partition coefficient (Wildman–Crippen LogP) is 8.44. The van der Waals surface area contributed by atoms with Crippen molar-refractivity contribution in [3.8, 4) is 0 Å². The van der Waals surface area contributed by atoms with E-state index in [4.69, 9.17) is 9.47 Å². The van der Waals surface area contributed by atoms with Crippen LogP contribution in [-0.2, 0) is 35.7 Å². The molecule has 5 fully saturated rings. The van der Waals surface area contributed by atoms with Crippen LogP contribution >= 0.6 is 0 Å². The highest BCUT2D eigenvalue weighted by Crippen LogP contribution is 2.55. The summed E-state index contributed by atoms with van der Waals surface area (Å²) >= 11 is 0. The number of amides is 2. The number of ether oxygens (including phenoxy) is 2. The summed E-state index contributed by atoms with van der Waals surface area (Å²) in [4.78, 5) is 15.6. The average Bonchev–Trinajstić information content (AvgIpc) is 3.15. The number of hydrogen-bond donors (Lipinski definition) is 3. The molecule has 272 valence electrons. The molecule has 4 saturated carbocycles. The molecule has 0 radical (unpaired) electrons. The maximum absolute atomic E-state index is 13.1. The Kier molecular flexibility index (Phi) is 10.5. The molecular formula is C45H53N3O4. The average molecular weight is 700 g/mol. The van der Waals surface area contributed by atoms with E-state index < -0.39 is 6.29 Å². The zero-order chi connectivity index (χ0) is 35.5. The molecule has 7 heteroatoms. The predicted molar refractivity (Wildman–Crippen MR) is 203 cm³/mol. The summed E-state index contributed by atoms with van der Waals surface area (Å²) < 4.78 is 13.7. The van der Waals surface area contributed by atoms with Crippen LogP contribution in [0.15, 0.2) is 109 Å². The zero-order valence-electron chi connectivity index (χ0n) is 30.3. The first kappa shape index (κ1) is 35.0. The fourth-order valence-electron chi connectivity index (χ4n) is 9.97. The van der Waals surface area contributed by atoms with E-state index >= 15 is 0 Å². The van der Waals surface area contributed by atoms with Crippen molar-refractivity contribution in [2.75, 3.05) is 6.54 Å². The number of carbonyl (C=O) groups excluding carboxylic acids is 1. The van der Waals surface area contributed by atoms with Crippen LogP contribution in [0.25, 0.3) is 0 Å². The lowest BCUT2D eigenvalue weighted by Gasteiger charge is -2.56. The Bertz CT molecular complexity index is 1690. The molecule has 0 aromatic heterocycles. The van der Waals surface area contributed by atoms with Crippen molar-refractivity contribution in [3.05, 3.63) is 143 Å². The van der Waals surface area contributed by atoms with E-state index in [0.717, 1.165) is 78.9 Å². The second-order valence-electron chi connectivity index (χ2n) is 16.2. The third-order valence-electron chi connectivity index (χ3n) is 12.2. The molecule has 7 nitrogen and oxygen atoms in total. The molecule has 0 spiro atoms. The lowest BCUT2D eigenvalue weighted by molar-refractivity contribution is -0.276. The molecule has 3 N–H and O–H groups in total. The molecule has 1 saturated heterocycles. The number of urea groups is 1. The fraction of sp³-hybridized carbons (Fsp3) is 0.444. The SMILES string of the molecule is CC1C(CN(Cc2ccccc2)Cc2ccccc2)OC(c2ccc(CNC(=O)NC34CC5CC(CC(C5)C3)C4)cc2)OC1c1ccc(CO)cc1. The van der Waals surface area contributed by atoms with Crippen LogP contribution in [0.4, 0.5) is 4.79 Å². The summed E-state index contributed by atoms with van der Waals surface area (Å²) in [6.45, 7) is 5.05. The van der Waals surface area contributed by atoms with Crippen LogP contribution in [-0.4, -0.2) is 34.2 Å². The van der Waals surface area contributed by atoms with Crippen molar-refractivity contribution in [1.82, 2.24) is 15.5 Å². The van der Waals surface area contributed by atoms with Gasteiger partial charge in [0.15, 0.2) is 6.29 Å². The molecule has 4 atom stereocenters. The quantitative estimate of drug-likeness (QED) is 0.138. The lowest BCUT2D eigenvalue weighted by atomic mass is 9.53. The topological polar surface area (TPSA) is 83.1 Å². The van der Waals surface area contributed by atoms with Crippen LogP contribution in [0, 0.1) is 23.7 Å². The highest BCUT2D eigenvalue weighted by molar-refractivity contribution is 5.75. The van der Waals surface area contributed by atoms with Gasteiger partial charge < -0.3 is 25.2 Å². The van der Waals surface area contributed by atoms with Gasteiger partial charge in [-0.05, 0) is 84.1 Å². The Hall–Kier alpha value is -4.01. The molecule has 4 bridgehead atoms. The van der Waals surface area contributed by atoms with E-state index in [0.29, 0.717) is 6.54 Å². The number of aliphatic hydroxyl groups excluding tert-OH is 1. The minimum atomic E-state index is -0.555. The first-order valence-electron chi connectivity index (χ1n) is 19.4. The van der Waals surface area contributed by atoms with E-state index in [1.165, 1.54) is 30.4 Å². The fourth-order valence-corrected chi connectivity index (χ4v) is 9.97. The number of hydrogen-bond acceptors (Lipinski definition) is 5. The summed E-state index contributed by atoms with van der Waals surface area (Å²) in [5.74, 6) is 2.45. The first-order chi connectivity index (χ1) is 25.4. The van der Waals surface area contributed by atoms with Gasteiger partial charge in [-0.3, -0.25) is 4.90 Å². The second-order valence-corrected chi connectivity index (χ2v) is 16.2. The van der Waals surface area contributed by atoms with E-state index in [2.05, 4.69) is 120 Å².